The predicted octanol–water partition coefficient (Wildman–Crippen LogP) is 5.29. The predicted molar refractivity (Wildman–Crippen MR) is 121 cm³/mol. The second kappa shape index (κ2) is 8.73. The molecule has 0 bridgehead atoms. The number of thiazole rings is 1. The lowest BCUT2D eigenvalue weighted by Gasteiger charge is -2.12. The van der Waals surface area contributed by atoms with Gasteiger partial charge in [0.15, 0.2) is 11.2 Å². The Morgan fingerprint density at radius 3 is 2.68 bits per heavy atom. The lowest BCUT2D eigenvalue weighted by atomic mass is 10.0. The van der Waals surface area contributed by atoms with Crippen molar-refractivity contribution in [3.63, 3.8) is 0 Å². The number of fused-ring (bicyclic) bond motifs is 1. The molecular formula is C24H22N2O4S. The molecule has 1 amide bonds. The number of benzene rings is 2. The summed E-state index contributed by atoms with van der Waals surface area (Å²) in [6.45, 7) is 5.56. The Balaban J connectivity index is 1.36. The Morgan fingerprint density at radius 1 is 1.16 bits per heavy atom. The van der Waals surface area contributed by atoms with Crippen molar-refractivity contribution >= 4 is 39.3 Å². The normalized spacial score (nSPS) is 12.0. The highest BCUT2D eigenvalue weighted by molar-refractivity contribution is 7.14. The number of hydrogen-bond acceptors (Lipinski definition) is 6. The number of anilines is 1. The van der Waals surface area contributed by atoms with Gasteiger partial charge < -0.3 is 9.15 Å². The van der Waals surface area contributed by atoms with Gasteiger partial charge in [-0.25, -0.2) is 4.98 Å². The van der Waals surface area contributed by atoms with E-state index in [-0.39, 0.29) is 6.42 Å². The van der Waals surface area contributed by atoms with Gasteiger partial charge in [0.25, 0.3) is 5.91 Å². The van der Waals surface area contributed by atoms with E-state index < -0.39 is 18.0 Å². The lowest BCUT2D eigenvalue weighted by Crippen LogP contribution is -2.30. The van der Waals surface area contributed by atoms with E-state index in [9.17, 15) is 9.59 Å². The molecule has 4 rings (SSSR count). The number of carbonyl (C=O) groups is 2. The summed E-state index contributed by atoms with van der Waals surface area (Å²) in [6.07, 6.45) is 0.650. The minimum absolute atomic E-state index is 0.0303. The zero-order valence-corrected chi connectivity index (χ0v) is 18.3. The maximum atomic E-state index is 12.5. The first kappa shape index (κ1) is 20.8. The van der Waals surface area contributed by atoms with Gasteiger partial charge in [-0.05, 0) is 44.0 Å². The van der Waals surface area contributed by atoms with Crippen LogP contribution in [0.4, 0.5) is 5.13 Å². The summed E-state index contributed by atoms with van der Waals surface area (Å²) in [5.74, 6) is -0.918. The maximum absolute atomic E-state index is 12.5. The second-order valence-corrected chi connectivity index (χ2v) is 8.25. The molecule has 0 radical (unpaired) electrons. The summed E-state index contributed by atoms with van der Waals surface area (Å²) in [4.78, 5) is 29.3. The molecule has 31 heavy (non-hydrogen) atoms. The van der Waals surface area contributed by atoms with E-state index in [2.05, 4.69) is 10.3 Å². The SMILES string of the molecule is Cc1cc2occ(CC(=O)OC(C)C(=O)Nc3nc(-c4ccccc4)cs3)c2cc1C. The third-order valence-corrected chi connectivity index (χ3v) is 5.84. The Hall–Kier alpha value is -3.45. The molecule has 2 aromatic heterocycles. The number of carbonyl (C=O) groups excluding carboxylic acids is 2. The average molecular weight is 435 g/mol. The topological polar surface area (TPSA) is 81.4 Å². The molecule has 4 aromatic rings. The molecular weight excluding hydrogens is 412 g/mol. The first-order valence-electron chi connectivity index (χ1n) is 9.89. The summed E-state index contributed by atoms with van der Waals surface area (Å²) in [5.41, 5.74) is 5.46. The molecule has 0 aliphatic carbocycles. The smallest absolute Gasteiger partial charge is 0.311 e. The van der Waals surface area contributed by atoms with Crippen LogP contribution in [0, 0.1) is 13.8 Å². The molecule has 0 spiro atoms. The van der Waals surface area contributed by atoms with Crippen molar-refractivity contribution in [2.45, 2.75) is 33.3 Å². The van der Waals surface area contributed by atoms with E-state index in [1.807, 2.05) is 61.7 Å². The van der Waals surface area contributed by atoms with Crippen molar-refractivity contribution in [3.05, 3.63) is 70.8 Å². The number of rotatable bonds is 6. The molecule has 1 N–H and O–H groups in total. The maximum Gasteiger partial charge on any atom is 0.311 e. The fourth-order valence-electron chi connectivity index (χ4n) is 3.20. The zero-order chi connectivity index (χ0) is 22.0. The minimum atomic E-state index is -0.946. The highest BCUT2D eigenvalue weighted by Crippen LogP contribution is 2.26. The summed E-state index contributed by atoms with van der Waals surface area (Å²) in [5, 5.41) is 5.92. The summed E-state index contributed by atoms with van der Waals surface area (Å²) < 4.78 is 10.9. The monoisotopic (exact) mass is 434 g/mol. The van der Waals surface area contributed by atoms with E-state index in [1.165, 1.54) is 11.3 Å². The van der Waals surface area contributed by atoms with Gasteiger partial charge in [-0.1, -0.05) is 30.3 Å². The molecule has 0 saturated carbocycles. The van der Waals surface area contributed by atoms with Crippen molar-refractivity contribution in [2.75, 3.05) is 5.32 Å². The molecule has 0 aliphatic rings. The standard InChI is InChI=1S/C24H22N2O4S/c1-14-9-19-18(12-29-21(19)10-15(14)2)11-22(27)30-16(3)23(28)26-24-25-20(13-31-24)17-7-5-4-6-8-17/h4-10,12-13,16H,11H2,1-3H3,(H,25,26,28). The van der Waals surface area contributed by atoms with Crippen LogP contribution in [-0.2, 0) is 20.7 Å². The van der Waals surface area contributed by atoms with Crippen LogP contribution in [0.3, 0.4) is 0 Å². The fraction of sp³-hybridized carbons (Fsp3) is 0.208. The molecule has 158 valence electrons. The van der Waals surface area contributed by atoms with Crippen molar-refractivity contribution in [2.24, 2.45) is 0 Å². The van der Waals surface area contributed by atoms with E-state index in [0.29, 0.717) is 5.13 Å². The largest absolute Gasteiger partial charge is 0.464 e. The van der Waals surface area contributed by atoms with Crippen molar-refractivity contribution in [1.29, 1.82) is 0 Å². The van der Waals surface area contributed by atoms with Crippen molar-refractivity contribution < 1.29 is 18.7 Å². The zero-order valence-electron chi connectivity index (χ0n) is 17.5. The number of furan rings is 1. The van der Waals surface area contributed by atoms with Crippen molar-refractivity contribution in [1.82, 2.24) is 4.98 Å². The van der Waals surface area contributed by atoms with Gasteiger partial charge in [-0.15, -0.1) is 11.3 Å². The number of amides is 1. The van der Waals surface area contributed by atoms with E-state index in [4.69, 9.17) is 9.15 Å². The van der Waals surface area contributed by atoms with E-state index in [0.717, 1.165) is 38.9 Å². The minimum Gasteiger partial charge on any atom is -0.464 e. The molecule has 6 nitrogen and oxygen atoms in total. The number of ether oxygens (including phenoxy) is 1. The molecule has 2 aromatic carbocycles. The van der Waals surface area contributed by atoms with Crippen LogP contribution in [0.2, 0.25) is 0 Å². The third-order valence-electron chi connectivity index (χ3n) is 5.09. The number of aryl methyl sites for hydroxylation is 2. The lowest BCUT2D eigenvalue weighted by molar-refractivity contribution is -0.152. The Bertz CT molecular complexity index is 1240. The number of esters is 1. The van der Waals surface area contributed by atoms with Crippen LogP contribution in [0.1, 0.15) is 23.6 Å². The molecule has 0 saturated heterocycles. The van der Waals surface area contributed by atoms with Crippen LogP contribution in [0.15, 0.2) is 58.5 Å². The number of nitrogens with zero attached hydrogens (tertiary/aromatic N) is 1. The van der Waals surface area contributed by atoms with E-state index >= 15 is 0 Å². The van der Waals surface area contributed by atoms with Crippen molar-refractivity contribution in [3.8, 4) is 11.3 Å². The van der Waals surface area contributed by atoms with Crippen LogP contribution < -0.4 is 5.32 Å². The number of hydrogen-bond donors (Lipinski definition) is 1. The summed E-state index contributed by atoms with van der Waals surface area (Å²) in [7, 11) is 0. The van der Waals surface area contributed by atoms with Crippen LogP contribution in [-0.4, -0.2) is 23.0 Å². The van der Waals surface area contributed by atoms with Gasteiger partial charge in [0.2, 0.25) is 0 Å². The molecule has 1 atom stereocenters. The summed E-state index contributed by atoms with van der Waals surface area (Å²) >= 11 is 1.32. The van der Waals surface area contributed by atoms with Crippen LogP contribution in [0.25, 0.3) is 22.2 Å². The van der Waals surface area contributed by atoms with Gasteiger partial charge in [-0.2, -0.15) is 0 Å². The third kappa shape index (κ3) is 4.67. The molecule has 7 heteroatoms. The average Bonchev–Trinajstić information content (AvgIpc) is 3.36. The molecule has 0 fully saturated rings. The number of nitrogens with one attached hydrogen (secondary N) is 1. The highest BCUT2D eigenvalue weighted by Gasteiger charge is 2.21. The second-order valence-electron chi connectivity index (χ2n) is 7.40. The number of aromatic nitrogens is 1. The van der Waals surface area contributed by atoms with Gasteiger partial charge in [-0.3, -0.25) is 14.9 Å². The van der Waals surface area contributed by atoms with Gasteiger partial charge in [0, 0.05) is 21.9 Å². The molecule has 1 unspecified atom stereocenters. The Labute approximate surface area is 183 Å². The quantitative estimate of drug-likeness (QED) is 0.417. The van der Waals surface area contributed by atoms with Gasteiger partial charge >= 0.3 is 5.97 Å². The first-order valence-corrected chi connectivity index (χ1v) is 10.8. The summed E-state index contributed by atoms with van der Waals surface area (Å²) in [6, 6.07) is 13.7. The van der Waals surface area contributed by atoms with E-state index in [1.54, 1.807) is 13.2 Å². The Morgan fingerprint density at radius 2 is 1.90 bits per heavy atom. The fourth-order valence-corrected chi connectivity index (χ4v) is 3.92. The van der Waals surface area contributed by atoms with Gasteiger partial charge in [0.1, 0.15) is 5.58 Å². The van der Waals surface area contributed by atoms with Crippen LogP contribution in [0.5, 0.6) is 0 Å². The highest BCUT2D eigenvalue weighted by atomic mass is 32.1. The first-order chi connectivity index (χ1) is 14.9. The Kier molecular flexibility index (Phi) is 5.86. The molecule has 2 heterocycles. The molecule has 0 aliphatic heterocycles. The van der Waals surface area contributed by atoms with Crippen LogP contribution >= 0.6 is 11.3 Å². The van der Waals surface area contributed by atoms with Gasteiger partial charge in [0.05, 0.1) is 18.4 Å².